The van der Waals surface area contributed by atoms with E-state index in [4.69, 9.17) is 9.47 Å². The Hall–Kier alpha value is -3.94. The molecule has 2 aliphatic heterocycles. The highest BCUT2D eigenvalue weighted by atomic mass is 16.7. The van der Waals surface area contributed by atoms with Gasteiger partial charge in [-0.2, -0.15) is 0 Å². The van der Waals surface area contributed by atoms with Gasteiger partial charge in [0, 0.05) is 53.3 Å². The summed E-state index contributed by atoms with van der Waals surface area (Å²) in [6.07, 6.45) is 0.119. The third kappa shape index (κ3) is 2.39. The zero-order chi connectivity index (χ0) is 20.5. The first-order chi connectivity index (χ1) is 13.8. The fourth-order valence-corrected chi connectivity index (χ4v) is 4.14. The second kappa shape index (κ2) is 5.54. The Morgan fingerprint density at radius 2 is 1.21 bits per heavy atom. The van der Waals surface area contributed by atoms with E-state index in [1.165, 1.54) is 42.5 Å². The molecule has 0 aromatic heterocycles. The Kier molecular flexibility index (Phi) is 3.28. The summed E-state index contributed by atoms with van der Waals surface area (Å²) in [4.78, 5) is 0. The molecule has 0 aliphatic carbocycles. The lowest BCUT2D eigenvalue weighted by molar-refractivity contribution is -0.149. The minimum Gasteiger partial charge on any atom is -0.508 e. The van der Waals surface area contributed by atoms with Crippen LogP contribution in [0.1, 0.15) is 29.0 Å². The molecule has 0 radical (unpaired) electrons. The van der Waals surface area contributed by atoms with Crippen LogP contribution in [0.5, 0.6) is 46.0 Å². The van der Waals surface area contributed by atoms with Crippen LogP contribution in [0.15, 0.2) is 42.5 Å². The van der Waals surface area contributed by atoms with E-state index in [1.807, 2.05) is 0 Å². The lowest BCUT2D eigenvalue weighted by atomic mass is 9.77. The number of fused-ring (bicyclic) bond motifs is 6. The maximum absolute atomic E-state index is 10.5. The highest BCUT2D eigenvalue weighted by Crippen LogP contribution is 2.60. The van der Waals surface area contributed by atoms with E-state index in [2.05, 4.69) is 0 Å². The van der Waals surface area contributed by atoms with Crippen molar-refractivity contribution in [2.24, 2.45) is 0 Å². The first-order valence-electron chi connectivity index (χ1n) is 8.79. The van der Waals surface area contributed by atoms with Gasteiger partial charge in [-0.15, -0.1) is 0 Å². The Balaban J connectivity index is 1.80. The van der Waals surface area contributed by atoms with E-state index in [0.29, 0.717) is 16.7 Å². The predicted molar refractivity (Wildman–Crippen MR) is 98.7 cm³/mol. The largest absolute Gasteiger partial charge is 0.508 e. The van der Waals surface area contributed by atoms with Crippen molar-refractivity contribution in [1.29, 1.82) is 0 Å². The summed E-state index contributed by atoms with van der Waals surface area (Å²) in [6.45, 7) is 0. The van der Waals surface area contributed by atoms with Gasteiger partial charge >= 0.3 is 0 Å². The number of rotatable bonds is 1. The normalized spacial score (nSPS) is 21.4. The lowest BCUT2D eigenvalue weighted by Gasteiger charge is -2.46. The molecule has 0 saturated carbocycles. The van der Waals surface area contributed by atoms with Gasteiger partial charge in [0.05, 0.1) is 0 Å². The average Bonchev–Trinajstić information content (AvgIpc) is 2.62. The van der Waals surface area contributed by atoms with Crippen LogP contribution < -0.4 is 9.47 Å². The summed E-state index contributed by atoms with van der Waals surface area (Å²) in [5.74, 6) is -3.39. The van der Waals surface area contributed by atoms with Gasteiger partial charge in [0.1, 0.15) is 34.5 Å². The lowest BCUT2D eigenvalue weighted by Crippen LogP contribution is -2.46. The van der Waals surface area contributed by atoms with Gasteiger partial charge in [-0.25, -0.2) is 0 Å². The summed E-state index contributed by atoms with van der Waals surface area (Å²) in [5, 5.41) is 60.4. The van der Waals surface area contributed by atoms with E-state index >= 15 is 0 Å². The highest BCUT2D eigenvalue weighted by Gasteiger charge is 2.52. The molecule has 29 heavy (non-hydrogen) atoms. The molecule has 3 aromatic rings. The van der Waals surface area contributed by atoms with Crippen LogP contribution in [0.2, 0.25) is 0 Å². The van der Waals surface area contributed by atoms with Gasteiger partial charge in [-0.1, -0.05) is 0 Å². The molecule has 2 aliphatic rings. The fraction of sp³-hybridized carbons (Fsp3) is 0.143. The van der Waals surface area contributed by atoms with Gasteiger partial charge < -0.3 is 40.1 Å². The molecule has 3 aromatic carbocycles. The molecule has 0 saturated heterocycles. The zero-order valence-corrected chi connectivity index (χ0v) is 14.8. The third-order valence-corrected chi connectivity index (χ3v) is 5.34. The summed E-state index contributed by atoms with van der Waals surface area (Å²) in [6, 6.07) is 9.07. The SMILES string of the molecule is Oc1cc(O)c2c(c1)OC1(c3ccc(O)c(O)c3)CC2c2c(O)cc(O)cc2O1. The van der Waals surface area contributed by atoms with Gasteiger partial charge in [0.2, 0.25) is 0 Å². The van der Waals surface area contributed by atoms with Crippen LogP contribution in [0.4, 0.5) is 0 Å². The van der Waals surface area contributed by atoms with Gasteiger partial charge in [0.15, 0.2) is 11.5 Å². The van der Waals surface area contributed by atoms with Crippen LogP contribution in [0, 0.1) is 0 Å². The molecule has 0 spiro atoms. The predicted octanol–water partition coefficient (Wildman–Crippen LogP) is 3.08. The van der Waals surface area contributed by atoms with Crippen LogP contribution in [-0.4, -0.2) is 30.6 Å². The van der Waals surface area contributed by atoms with Crippen molar-refractivity contribution in [2.75, 3.05) is 0 Å². The second-order valence-electron chi connectivity index (χ2n) is 7.17. The van der Waals surface area contributed by atoms with Gasteiger partial charge in [-0.05, 0) is 18.2 Å². The smallest absolute Gasteiger partial charge is 0.279 e. The summed E-state index contributed by atoms with van der Waals surface area (Å²) in [7, 11) is 0. The number of phenols is 6. The van der Waals surface area contributed by atoms with Crippen molar-refractivity contribution in [3.8, 4) is 46.0 Å². The first-order valence-corrected chi connectivity index (χ1v) is 8.79. The second-order valence-corrected chi connectivity index (χ2v) is 7.17. The van der Waals surface area contributed by atoms with Crippen molar-refractivity contribution in [3.05, 3.63) is 59.2 Å². The Morgan fingerprint density at radius 3 is 1.72 bits per heavy atom. The van der Waals surface area contributed by atoms with E-state index in [1.54, 1.807) is 0 Å². The number of benzene rings is 3. The van der Waals surface area contributed by atoms with Crippen molar-refractivity contribution in [2.45, 2.75) is 18.1 Å². The van der Waals surface area contributed by atoms with E-state index in [0.717, 1.165) is 0 Å². The number of hydrogen-bond acceptors (Lipinski definition) is 8. The molecule has 0 atom stereocenters. The Labute approximate surface area is 164 Å². The van der Waals surface area contributed by atoms with Crippen LogP contribution >= 0.6 is 0 Å². The summed E-state index contributed by atoms with van der Waals surface area (Å²) in [5.41, 5.74) is 1.07. The third-order valence-electron chi connectivity index (χ3n) is 5.34. The molecular formula is C21H16O8. The molecule has 6 N–H and O–H groups in total. The van der Waals surface area contributed by atoms with Gasteiger partial charge in [0.25, 0.3) is 5.79 Å². The first kappa shape index (κ1) is 17.2. The van der Waals surface area contributed by atoms with Gasteiger partial charge in [-0.3, -0.25) is 0 Å². The van der Waals surface area contributed by atoms with Crippen molar-refractivity contribution < 1.29 is 40.1 Å². The van der Waals surface area contributed by atoms with E-state index < -0.39 is 11.7 Å². The molecule has 0 amide bonds. The van der Waals surface area contributed by atoms with Crippen LogP contribution in [-0.2, 0) is 5.79 Å². The van der Waals surface area contributed by atoms with E-state index in [-0.39, 0.29) is 52.4 Å². The number of ether oxygens (including phenoxy) is 2. The molecule has 8 nitrogen and oxygen atoms in total. The minimum atomic E-state index is -1.50. The highest BCUT2D eigenvalue weighted by molar-refractivity contribution is 5.63. The van der Waals surface area contributed by atoms with E-state index in [9.17, 15) is 30.6 Å². The quantitative estimate of drug-likeness (QED) is 0.345. The monoisotopic (exact) mass is 396 g/mol. The minimum absolute atomic E-state index is 0.119. The number of hydrogen-bond donors (Lipinski definition) is 6. The number of aromatic hydroxyl groups is 6. The fourth-order valence-electron chi connectivity index (χ4n) is 4.14. The van der Waals surface area contributed by atoms with Crippen LogP contribution in [0.25, 0.3) is 0 Å². The van der Waals surface area contributed by atoms with Crippen LogP contribution in [0.3, 0.4) is 0 Å². The van der Waals surface area contributed by atoms with Crippen molar-refractivity contribution in [3.63, 3.8) is 0 Å². The Morgan fingerprint density at radius 1 is 0.655 bits per heavy atom. The maximum Gasteiger partial charge on any atom is 0.279 e. The standard InChI is InChI=1S/C21H16O8/c22-10-4-15(26)19-12-8-21(28-17(19)6-10,9-1-2-13(24)14(25)3-9)29-18-7-11(23)5-16(27)20(12)18/h1-7,12,22-27H,8H2. The molecule has 0 unspecified atom stereocenters. The molecule has 8 heteroatoms. The molecule has 0 fully saturated rings. The summed E-state index contributed by atoms with van der Waals surface area (Å²) >= 11 is 0. The molecule has 148 valence electrons. The molecule has 2 bridgehead atoms. The zero-order valence-electron chi connectivity index (χ0n) is 14.8. The molecule has 5 rings (SSSR count). The average molecular weight is 396 g/mol. The maximum atomic E-state index is 10.5. The topological polar surface area (TPSA) is 140 Å². The molecule has 2 heterocycles. The summed E-state index contributed by atoms with van der Waals surface area (Å²) < 4.78 is 12.1. The van der Waals surface area contributed by atoms with Crippen molar-refractivity contribution in [1.82, 2.24) is 0 Å². The molecular weight excluding hydrogens is 380 g/mol. The number of phenolic OH excluding ortho intramolecular Hbond substituents is 6. The Bertz CT molecular complexity index is 1110. The van der Waals surface area contributed by atoms with Crippen molar-refractivity contribution >= 4 is 0 Å².